The van der Waals surface area contributed by atoms with E-state index in [1.807, 2.05) is 0 Å². The summed E-state index contributed by atoms with van der Waals surface area (Å²) >= 11 is 11.9. The van der Waals surface area contributed by atoms with Crippen LogP contribution < -0.4 is 4.74 Å². The molecule has 0 bridgehead atoms. The molecule has 6 nitrogen and oxygen atoms in total. The van der Waals surface area contributed by atoms with Crippen molar-refractivity contribution in [3.63, 3.8) is 0 Å². The molecule has 2 aromatic rings. The zero-order valence-electron chi connectivity index (χ0n) is 15.7. The van der Waals surface area contributed by atoms with Gasteiger partial charge in [-0.1, -0.05) is 29.3 Å². The summed E-state index contributed by atoms with van der Waals surface area (Å²) in [5.74, 6) is 0.408. The molecular formula is C20H20Cl2N2O4S. The molecule has 0 saturated carbocycles. The molecule has 0 aromatic heterocycles. The van der Waals surface area contributed by atoms with Gasteiger partial charge in [-0.25, -0.2) is 8.42 Å². The van der Waals surface area contributed by atoms with Gasteiger partial charge in [0, 0.05) is 32.3 Å². The highest BCUT2D eigenvalue weighted by Crippen LogP contribution is 2.23. The van der Waals surface area contributed by atoms with Crippen LogP contribution in [-0.4, -0.2) is 56.8 Å². The number of piperazine rings is 1. The first-order valence-electron chi connectivity index (χ1n) is 8.87. The Balaban J connectivity index is 1.61. The molecule has 1 aliphatic heterocycles. The fraction of sp³-hybridized carbons (Fsp3) is 0.250. The van der Waals surface area contributed by atoms with Gasteiger partial charge >= 0.3 is 0 Å². The van der Waals surface area contributed by atoms with Crippen LogP contribution in [0.1, 0.15) is 5.56 Å². The molecule has 0 atom stereocenters. The van der Waals surface area contributed by atoms with Crippen LogP contribution in [0.3, 0.4) is 0 Å². The molecule has 9 heteroatoms. The summed E-state index contributed by atoms with van der Waals surface area (Å²) in [6.45, 7) is 1.11. The quantitative estimate of drug-likeness (QED) is 0.647. The van der Waals surface area contributed by atoms with E-state index >= 15 is 0 Å². The van der Waals surface area contributed by atoms with E-state index in [0.717, 1.165) is 5.56 Å². The maximum Gasteiger partial charge on any atom is 0.246 e. The van der Waals surface area contributed by atoms with Gasteiger partial charge in [-0.3, -0.25) is 4.79 Å². The average molecular weight is 455 g/mol. The molecule has 2 aromatic carbocycles. The number of nitrogens with zero attached hydrogens (tertiary/aromatic N) is 2. The summed E-state index contributed by atoms with van der Waals surface area (Å²) < 4.78 is 32.0. The largest absolute Gasteiger partial charge is 0.497 e. The van der Waals surface area contributed by atoms with E-state index in [-0.39, 0.29) is 23.9 Å². The Hall–Kier alpha value is -2.06. The van der Waals surface area contributed by atoms with Crippen molar-refractivity contribution in [1.82, 2.24) is 9.21 Å². The minimum Gasteiger partial charge on any atom is -0.497 e. The molecule has 0 aliphatic carbocycles. The van der Waals surface area contributed by atoms with Gasteiger partial charge < -0.3 is 9.64 Å². The number of methoxy groups -OCH3 is 1. The summed E-state index contributed by atoms with van der Waals surface area (Å²) in [4.78, 5) is 14.2. The first-order chi connectivity index (χ1) is 13.8. The topological polar surface area (TPSA) is 66.9 Å². The molecule has 0 N–H and O–H groups in total. The lowest BCUT2D eigenvalue weighted by atomic mass is 10.2. The van der Waals surface area contributed by atoms with Gasteiger partial charge in [0.25, 0.3) is 0 Å². The standard InChI is InChI=1S/C20H20Cl2N2O4S/c1-28-16-4-6-17(7-5-16)29(26,27)24-12-10-23(11-13-24)20(25)9-3-15-2-8-18(21)19(22)14-15/h2-9,14H,10-13H2,1H3/b9-3+. The van der Waals surface area contributed by atoms with Crippen LogP contribution in [0.5, 0.6) is 5.75 Å². The summed E-state index contributed by atoms with van der Waals surface area (Å²) in [5, 5.41) is 0.864. The van der Waals surface area contributed by atoms with Crippen LogP contribution in [0.2, 0.25) is 10.0 Å². The van der Waals surface area contributed by atoms with Gasteiger partial charge in [-0.2, -0.15) is 4.31 Å². The number of sulfonamides is 1. The summed E-state index contributed by atoms with van der Waals surface area (Å²) in [5.41, 5.74) is 0.758. The lowest BCUT2D eigenvalue weighted by molar-refractivity contribution is -0.127. The Morgan fingerprint density at radius 3 is 2.24 bits per heavy atom. The van der Waals surface area contributed by atoms with Crippen LogP contribution in [0.4, 0.5) is 0 Å². The van der Waals surface area contributed by atoms with Crippen molar-refractivity contribution in [3.8, 4) is 5.75 Å². The molecule has 1 heterocycles. The van der Waals surface area contributed by atoms with Crippen LogP contribution in [0, 0.1) is 0 Å². The van der Waals surface area contributed by atoms with Gasteiger partial charge in [0.15, 0.2) is 0 Å². The van der Waals surface area contributed by atoms with Gasteiger partial charge in [0.2, 0.25) is 15.9 Å². The molecule has 1 aliphatic rings. The van der Waals surface area contributed by atoms with Crippen molar-refractivity contribution < 1.29 is 17.9 Å². The zero-order chi connectivity index (χ0) is 21.0. The third-order valence-corrected chi connectivity index (χ3v) is 7.26. The number of hydrogen-bond acceptors (Lipinski definition) is 4. The number of rotatable bonds is 5. The first-order valence-corrected chi connectivity index (χ1v) is 11.1. The second-order valence-electron chi connectivity index (χ2n) is 6.41. The predicted octanol–water partition coefficient (Wildman–Crippen LogP) is 3.55. The van der Waals surface area contributed by atoms with Crippen molar-refractivity contribution in [2.24, 2.45) is 0 Å². The zero-order valence-corrected chi connectivity index (χ0v) is 18.0. The highest BCUT2D eigenvalue weighted by Gasteiger charge is 2.29. The predicted molar refractivity (Wildman–Crippen MR) is 114 cm³/mol. The SMILES string of the molecule is COc1ccc(S(=O)(=O)N2CCN(C(=O)/C=C/c3ccc(Cl)c(Cl)c3)CC2)cc1. The third kappa shape index (κ3) is 5.11. The molecule has 29 heavy (non-hydrogen) atoms. The number of hydrogen-bond donors (Lipinski definition) is 0. The molecule has 0 spiro atoms. The maximum absolute atomic E-state index is 12.8. The van der Waals surface area contributed by atoms with Gasteiger partial charge in [-0.05, 0) is 48.0 Å². The number of halogens is 2. The van der Waals surface area contributed by atoms with Crippen molar-refractivity contribution in [2.45, 2.75) is 4.90 Å². The van der Waals surface area contributed by atoms with E-state index < -0.39 is 10.0 Å². The van der Waals surface area contributed by atoms with E-state index in [2.05, 4.69) is 0 Å². The molecular weight excluding hydrogens is 435 g/mol. The Kier molecular flexibility index (Phi) is 6.85. The number of benzene rings is 2. The normalized spacial score (nSPS) is 15.6. The Labute approximate surface area is 180 Å². The van der Waals surface area contributed by atoms with E-state index in [1.165, 1.54) is 29.6 Å². The minimum absolute atomic E-state index is 0.183. The van der Waals surface area contributed by atoms with Crippen molar-refractivity contribution in [3.05, 3.63) is 64.1 Å². The van der Waals surface area contributed by atoms with Gasteiger partial charge in [0.1, 0.15) is 5.75 Å². The molecule has 1 fully saturated rings. The second-order valence-corrected chi connectivity index (χ2v) is 9.16. The second kappa shape index (κ2) is 9.17. The maximum atomic E-state index is 12.8. The van der Waals surface area contributed by atoms with E-state index in [4.69, 9.17) is 27.9 Å². The van der Waals surface area contributed by atoms with Crippen molar-refractivity contribution >= 4 is 45.2 Å². The average Bonchev–Trinajstić information content (AvgIpc) is 2.74. The fourth-order valence-electron chi connectivity index (χ4n) is 2.93. The van der Waals surface area contributed by atoms with Crippen molar-refractivity contribution in [2.75, 3.05) is 33.3 Å². The van der Waals surface area contributed by atoms with Gasteiger partial charge in [-0.15, -0.1) is 0 Å². The molecule has 1 saturated heterocycles. The first kappa shape index (κ1) is 21.6. The highest BCUT2D eigenvalue weighted by atomic mass is 35.5. The minimum atomic E-state index is -3.61. The Bertz CT molecular complexity index is 1020. The number of carbonyl (C=O) groups excluding carboxylic acids is 1. The monoisotopic (exact) mass is 454 g/mol. The lowest BCUT2D eigenvalue weighted by Crippen LogP contribution is -2.50. The Morgan fingerprint density at radius 1 is 1.00 bits per heavy atom. The smallest absolute Gasteiger partial charge is 0.246 e. The summed E-state index contributed by atoms with van der Waals surface area (Å²) in [6, 6.07) is 11.4. The number of carbonyl (C=O) groups is 1. The van der Waals surface area contributed by atoms with Crippen molar-refractivity contribution in [1.29, 1.82) is 0 Å². The van der Waals surface area contributed by atoms with E-state index in [9.17, 15) is 13.2 Å². The summed E-state index contributed by atoms with van der Waals surface area (Å²) in [6.07, 6.45) is 3.11. The highest BCUT2D eigenvalue weighted by molar-refractivity contribution is 7.89. The molecule has 0 unspecified atom stereocenters. The van der Waals surface area contributed by atoms with Gasteiger partial charge in [0.05, 0.1) is 22.1 Å². The van der Waals surface area contributed by atoms with Crippen LogP contribution >= 0.6 is 23.2 Å². The van der Waals surface area contributed by atoms with E-state index in [1.54, 1.807) is 41.3 Å². The molecule has 154 valence electrons. The number of ether oxygens (including phenoxy) is 1. The Morgan fingerprint density at radius 2 is 1.66 bits per heavy atom. The molecule has 3 rings (SSSR count). The lowest BCUT2D eigenvalue weighted by Gasteiger charge is -2.33. The fourth-order valence-corrected chi connectivity index (χ4v) is 4.66. The van der Waals surface area contributed by atoms with Crippen LogP contribution in [0.25, 0.3) is 6.08 Å². The van der Waals surface area contributed by atoms with Crippen LogP contribution in [-0.2, 0) is 14.8 Å². The molecule has 0 radical (unpaired) electrons. The van der Waals surface area contributed by atoms with Crippen LogP contribution in [0.15, 0.2) is 53.4 Å². The summed E-state index contributed by atoms with van der Waals surface area (Å²) in [7, 11) is -2.08. The third-order valence-electron chi connectivity index (χ3n) is 4.61. The van der Waals surface area contributed by atoms with E-state index in [0.29, 0.717) is 28.9 Å². The number of amides is 1. The molecule has 1 amide bonds.